The van der Waals surface area contributed by atoms with E-state index in [-0.39, 0.29) is 17.4 Å². The molecule has 19 heavy (non-hydrogen) atoms. The number of alkyl halides is 5. The Morgan fingerprint density at radius 3 is 2.00 bits per heavy atom. The number of hydrogen-bond donors (Lipinski definition) is 2. The van der Waals surface area contributed by atoms with Crippen molar-refractivity contribution in [3.63, 3.8) is 0 Å². The van der Waals surface area contributed by atoms with Crippen molar-refractivity contribution in [3.8, 4) is 5.75 Å². The second-order valence-electron chi connectivity index (χ2n) is 3.42. The van der Waals surface area contributed by atoms with E-state index in [2.05, 4.69) is 0 Å². The normalized spacial score (nSPS) is 13.9. The zero-order chi connectivity index (χ0) is 14.3. The quantitative estimate of drug-likeness (QED) is 0.784. The summed E-state index contributed by atoms with van der Waals surface area (Å²) in [5.74, 6) is -6.18. The summed E-state index contributed by atoms with van der Waals surface area (Å²) >= 11 is 10.9. The Morgan fingerprint density at radius 2 is 1.58 bits per heavy atom. The predicted octanol–water partition coefficient (Wildman–Crippen LogP) is 4.32. The lowest BCUT2D eigenvalue weighted by atomic mass is 10.00. The van der Waals surface area contributed by atoms with E-state index in [1.165, 1.54) is 0 Å². The molecule has 2 nitrogen and oxygen atoms in total. The summed E-state index contributed by atoms with van der Waals surface area (Å²) in [4.78, 5) is 0. The van der Waals surface area contributed by atoms with Gasteiger partial charge >= 0.3 is 12.1 Å². The number of phenols is 1. The third-order valence-corrected chi connectivity index (χ3v) is 2.67. The highest BCUT2D eigenvalue weighted by Crippen LogP contribution is 2.46. The highest BCUT2D eigenvalue weighted by Gasteiger charge is 2.62. The van der Waals surface area contributed by atoms with Gasteiger partial charge in [-0.2, -0.15) is 22.0 Å². The van der Waals surface area contributed by atoms with Gasteiger partial charge in [-0.1, -0.05) is 23.2 Å². The van der Waals surface area contributed by atoms with Crippen molar-refractivity contribution < 1.29 is 27.1 Å². The van der Waals surface area contributed by atoms with E-state index in [0.29, 0.717) is 6.07 Å². The van der Waals surface area contributed by atoms with Gasteiger partial charge in [-0.25, -0.2) is 0 Å². The van der Waals surface area contributed by atoms with Crippen molar-refractivity contribution in [3.05, 3.63) is 27.7 Å². The fourth-order valence-corrected chi connectivity index (χ4v) is 1.70. The van der Waals surface area contributed by atoms with E-state index < -0.39 is 34.5 Å². The maximum Gasteiger partial charge on any atom is 0.455 e. The molecular formula is C9H7Cl3F5NO. The molecule has 0 heterocycles. The van der Waals surface area contributed by atoms with Crippen LogP contribution in [-0.4, -0.2) is 17.2 Å². The minimum Gasteiger partial charge on any atom is -0.506 e. The molecule has 1 aromatic rings. The second-order valence-corrected chi connectivity index (χ2v) is 4.27. The number of aromatic hydroxyl groups is 1. The van der Waals surface area contributed by atoms with Gasteiger partial charge in [0.15, 0.2) is 0 Å². The molecule has 0 radical (unpaired) electrons. The Bertz CT molecular complexity index is 466. The fourth-order valence-electron chi connectivity index (χ4n) is 1.19. The van der Waals surface area contributed by atoms with Gasteiger partial charge in [0.1, 0.15) is 11.8 Å². The highest BCUT2D eigenvalue weighted by molar-refractivity contribution is 6.35. The summed E-state index contributed by atoms with van der Waals surface area (Å²) in [6.45, 7) is 0. The smallest absolute Gasteiger partial charge is 0.455 e. The van der Waals surface area contributed by atoms with Crippen molar-refractivity contribution in [1.29, 1.82) is 0 Å². The first-order chi connectivity index (χ1) is 7.98. The molecular weight excluding hydrogens is 339 g/mol. The standard InChI is InChI=1S/C9H6Cl2F5NO.ClH/c10-3-1-4(6(18)5(11)2-3)7(17)8(12,13)9(14,15)16;/h1-2,7,18H,17H2;1H/t7-;/m1./s1. The molecule has 0 fully saturated rings. The third-order valence-electron chi connectivity index (χ3n) is 2.16. The Labute approximate surface area is 120 Å². The summed E-state index contributed by atoms with van der Waals surface area (Å²) in [6.07, 6.45) is -5.85. The zero-order valence-electron chi connectivity index (χ0n) is 8.81. The number of halogens is 8. The van der Waals surface area contributed by atoms with Crippen molar-refractivity contribution in [2.24, 2.45) is 5.73 Å². The van der Waals surface area contributed by atoms with Crippen LogP contribution in [0.25, 0.3) is 0 Å². The molecule has 0 spiro atoms. The number of nitrogens with two attached hydrogens (primary N) is 1. The van der Waals surface area contributed by atoms with Crippen LogP contribution >= 0.6 is 35.6 Å². The molecule has 1 atom stereocenters. The number of benzene rings is 1. The lowest BCUT2D eigenvalue weighted by molar-refractivity contribution is -0.291. The van der Waals surface area contributed by atoms with E-state index in [1.807, 2.05) is 0 Å². The van der Waals surface area contributed by atoms with Crippen molar-refractivity contribution >= 4 is 35.6 Å². The lowest BCUT2D eigenvalue weighted by Gasteiger charge is -2.26. The predicted molar refractivity (Wildman–Crippen MR) is 63.3 cm³/mol. The fraction of sp³-hybridized carbons (Fsp3) is 0.333. The third kappa shape index (κ3) is 3.53. The van der Waals surface area contributed by atoms with Gasteiger partial charge in [-0.15, -0.1) is 12.4 Å². The van der Waals surface area contributed by atoms with Gasteiger partial charge < -0.3 is 10.8 Å². The molecule has 110 valence electrons. The van der Waals surface area contributed by atoms with Gasteiger partial charge in [0, 0.05) is 10.6 Å². The molecule has 0 aliphatic rings. The van der Waals surface area contributed by atoms with Crippen LogP contribution in [0.15, 0.2) is 12.1 Å². The Balaban J connectivity index is 0.00000324. The summed E-state index contributed by atoms with van der Waals surface area (Å²) in [7, 11) is 0. The molecule has 3 N–H and O–H groups in total. The average Bonchev–Trinajstić information content (AvgIpc) is 2.20. The lowest BCUT2D eigenvalue weighted by Crippen LogP contribution is -2.45. The number of hydrogen-bond acceptors (Lipinski definition) is 2. The van der Waals surface area contributed by atoms with E-state index in [4.69, 9.17) is 28.9 Å². The van der Waals surface area contributed by atoms with Crippen LogP contribution in [0.1, 0.15) is 11.6 Å². The molecule has 0 amide bonds. The van der Waals surface area contributed by atoms with E-state index in [1.54, 1.807) is 0 Å². The molecule has 0 bridgehead atoms. The first kappa shape index (κ1) is 18.5. The van der Waals surface area contributed by atoms with Crippen molar-refractivity contribution in [1.82, 2.24) is 0 Å². The Morgan fingerprint density at radius 1 is 1.11 bits per heavy atom. The average molecular weight is 347 g/mol. The van der Waals surface area contributed by atoms with Crippen molar-refractivity contribution in [2.45, 2.75) is 18.1 Å². The highest BCUT2D eigenvalue weighted by atomic mass is 35.5. The monoisotopic (exact) mass is 345 g/mol. The van der Waals surface area contributed by atoms with Crippen LogP contribution in [-0.2, 0) is 0 Å². The SMILES string of the molecule is Cl.N[C@H](c1cc(Cl)cc(Cl)c1O)C(F)(F)C(F)(F)F. The maximum atomic E-state index is 13.0. The number of phenolic OH excluding ortho intramolecular Hbond substituents is 1. The first-order valence-electron chi connectivity index (χ1n) is 4.36. The van der Waals surface area contributed by atoms with Crippen LogP contribution in [0.5, 0.6) is 5.75 Å². The molecule has 0 saturated heterocycles. The largest absolute Gasteiger partial charge is 0.506 e. The van der Waals surface area contributed by atoms with Gasteiger partial charge in [0.05, 0.1) is 5.02 Å². The van der Waals surface area contributed by atoms with Gasteiger partial charge in [0.25, 0.3) is 0 Å². The minimum atomic E-state index is -5.85. The van der Waals surface area contributed by atoms with E-state index in [9.17, 15) is 27.1 Å². The molecule has 0 aliphatic carbocycles. The second kappa shape index (κ2) is 5.87. The summed E-state index contributed by atoms with van der Waals surface area (Å²) < 4.78 is 62.4. The van der Waals surface area contributed by atoms with Crippen LogP contribution in [0, 0.1) is 0 Å². The topological polar surface area (TPSA) is 46.2 Å². The molecule has 1 rings (SSSR count). The molecule has 10 heteroatoms. The zero-order valence-corrected chi connectivity index (χ0v) is 11.1. The van der Waals surface area contributed by atoms with Crippen LogP contribution < -0.4 is 5.73 Å². The number of rotatable bonds is 2. The molecule has 0 aliphatic heterocycles. The van der Waals surface area contributed by atoms with Crippen LogP contribution in [0.4, 0.5) is 22.0 Å². The molecule has 0 unspecified atom stereocenters. The minimum absolute atomic E-state index is 0. The van der Waals surface area contributed by atoms with Crippen molar-refractivity contribution in [2.75, 3.05) is 0 Å². The van der Waals surface area contributed by atoms with Gasteiger partial charge in [-0.3, -0.25) is 0 Å². The first-order valence-corrected chi connectivity index (χ1v) is 5.12. The molecule has 0 saturated carbocycles. The van der Waals surface area contributed by atoms with E-state index in [0.717, 1.165) is 6.07 Å². The Kier molecular flexibility index (Phi) is 5.71. The van der Waals surface area contributed by atoms with Crippen LogP contribution in [0.2, 0.25) is 10.0 Å². The Hall–Kier alpha value is -0.500. The van der Waals surface area contributed by atoms with Crippen LogP contribution in [0.3, 0.4) is 0 Å². The van der Waals surface area contributed by atoms with Gasteiger partial charge in [0.2, 0.25) is 0 Å². The molecule has 1 aromatic carbocycles. The maximum absolute atomic E-state index is 13.0. The summed E-state index contributed by atoms with van der Waals surface area (Å²) in [6, 6.07) is -1.12. The summed E-state index contributed by atoms with van der Waals surface area (Å²) in [5.41, 5.74) is 3.97. The van der Waals surface area contributed by atoms with Gasteiger partial charge in [-0.05, 0) is 12.1 Å². The summed E-state index contributed by atoms with van der Waals surface area (Å²) in [5, 5.41) is 8.66. The molecule has 0 aromatic heterocycles. The van der Waals surface area contributed by atoms with E-state index >= 15 is 0 Å².